The van der Waals surface area contributed by atoms with Crippen molar-refractivity contribution in [3.8, 4) is 0 Å². The number of hydrogen-bond acceptors (Lipinski definition) is 4. The minimum absolute atomic E-state index is 0.517. The molecule has 1 aliphatic rings. The minimum Gasteiger partial charge on any atom is -0.353 e. The molecule has 2 aromatic rings. The van der Waals surface area contributed by atoms with Crippen molar-refractivity contribution in [2.24, 2.45) is 0 Å². The molecule has 3 rings (SSSR count). The number of rotatable bonds is 2. The number of nitrogens with one attached hydrogen (secondary N) is 2. The van der Waals surface area contributed by atoms with Gasteiger partial charge in [-0.2, -0.15) is 0 Å². The molecule has 3 heterocycles. The molecule has 0 amide bonds. The highest BCUT2D eigenvalue weighted by atomic mass is 15.2. The Morgan fingerprint density at radius 1 is 1.39 bits per heavy atom. The highest BCUT2D eigenvalue weighted by molar-refractivity contribution is 5.76. The van der Waals surface area contributed by atoms with Gasteiger partial charge in [-0.1, -0.05) is 0 Å². The predicted octanol–water partition coefficient (Wildman–Crippen LogP) is 1.85. The summed E-state index contributed by atoms with van der Waals surface area (Å²) in [6.45, 7) is 2.35. The van der Waals surface area contributed by atoms with Crippen molar-refractivity contribution in [3.05, 3.63) is 18.5 Å². The molecule has 1 aliphatic heterocycles. The van der Waals surface area contributed by atoms with Crippen LogP contribution in [0.5, 0.6) is 0 Å². The van der Waals surface area contributed by atoms with E-state index in [2.05, 4.69) is 32.2 Å². The van der Waals surface area contributed by atoms with Gasteiger partial charge in [0.25, 0.3) is 0 Å². The van der Waals surface area contributed by atoms with E-state index in [1.165, 1.54) is 25.8 Å². The van der Waals surface area contributed by atoms with Crippen molar-refractivity contribution in [1.29, 1.82) is 0 Å². The summed E-state index contributed by atoms with van der Waals surface area (Å²) in [5.41, 5.74) is 1.96. The number of pyridine rings is 1. The molecule has 5 nitrogen and oxygen atoms in total. The van der Waals surface area contributed by atoms with Crippen molar-refractivity contribution in [2.75, 3.05) is 25.5 Å². The standard InChI is InChI=1S/C13H19N5/c1-18-7-2-3-10(5-8-18)15-13-16-11-4-6-14-9-12(11)17-13/h4,6,9-10H,2-3,5,7-8H2,1H3,(H2,15,16,17). The fourth-order valence-electron chi connectivity index (χ4n) is 2.50. The van der Waals surface area contributed by atoms with E-state index in [1.807, 2.05) is 12.3 Å². The van der Waals surface area contributed by atoms with Gasteiger partial charge in [0.1, 0.15) is 0 Å². The Balaban J connectivity index is 1.71. The summed E-state index contributed by atoms with van der Waals surface area (Å²) in [5.74, 6) is 0.868. The van der Waals surface area contributed by atoms with E-state index in [0.29, 0.717) is 6.04 Å². The summed E-state index contributed by atoms with van der Waals surface area (Å²) in [6, 6.07) is 2.45. The number of fused-ring (bicyclic) bond motifs is 1. The molecular formula is C13H19N5. The number of aromatic nitrogens is 3. The Hall–Kier alpha value is -1.62. The molecule has 0 spiro atoms. The zero-order chi connectivity index (χ0) is 12.4. The van der Waals surface area contributed by atoms with Gasteiger partial charge in [-0.3, -0.25) is 4.98 Å². The highest BCUT2D eigenvalue weighted by Gasteiger charge is 2.15. The second-order valence-electron chi connectivity index (χ2n) is 5.05. The molecule has 0 aromatic carbocycles. The van der Waals surface area contributed by atoms with Crippen molar-refractivity contribution < 1.29 is 0 Å². The Kier molecular flexibility index (Phi) is 3.15. The predicted molar refractivity (Wildman–Crippen MR) is 72.6 cm³/mol. The number of H-pyrrole nitrogens is 1. The van der Waals surface area contributed by atoms with Crippen molar-refractivity contribution in [2.45, 2.75) is 25.3 Å². The smallest absolute Gasteiger partial charge is 0.201 e. The van der Waals surface area contributed by atoms with Crippen LogP contribution in [0, 0.1) is 0 Å². The minimum atomic E-state index is 0.517. The molecule has 96 valence electrons. The second-order valence-corrected chi connectivity index (χ2v) is 5.05. The van der Waals surface area contributed by atoms with Crippen molar-refractivity contribution in [3.63, 3.8) is 0 Å². The molecule has 1 atom stereocenters. The molecule has 0 radical (unpaired) electrons. The van der Waals surface area contributed by atoms with Crippen LogP contribution < -0.4 is 5.32 Å². The Labute approximate surface area is 107 Å². The van der Waals surface area contributed by atoms with E-state index in [9.17, 15) is 0 Å². The van der Waals surface area contributed by atoms with Gasteiger partial charge in [0, 0.05) is 12.2 Å². The fourth-order valence-corrected chi connectivity index (χ4v) is 2.50. The molecule has 0 saturated carbocycles. The topological polar surface area (TPSA) is 56.8 Å². The Morgan fingerprint density at radius 2 is 2.33 bits per heavy atom. The molecule has 0 bridgehead atoms. The summed E-state index contributed by atoms with van der Waals surface area (Å²) < 4.78 is 0. The van der Waals surface area contributed by atoms with E-state index in [0.717, 1.165) is 23.5 Å². The van der Waals surface area contributed by atoms with E-state index < -0.39 is 0 Å². The van der Waals surface area contributed by atoms with Crippen LogP contribution >= 0.6 is 0 Å². The van der Waals surface area contributed by atoms with Gasteiger partial charge in [0.05, 0.1) is 17.2 Å². The van der Waals surface area contributed by atoms with Gasteiger partial charge in [-0.25, -0.2) is 4.98 Å². The van der Waals surface area contributed by atoms with Crippen LogP contribution in [0.15, 0.2) is 18.5 Å². The lowest BCUT2D eigenvalue weighted by atomic mass is 10.1. The second kappa shape index (κ2) is 4.94. The molecule has 0 aliphatic carbocycles. The third-order valence-electron chi connectivity index (χ3n) is 3.58. The zero-order valence-electron chi connectivity index (χ0n) is 10.7. The van der Waals surface area contributed by atoms with Gasteiger partial charge in [0.2, 0.25) is 5.95 Å². The summed E-state index contributed by atoms with van der Waals surface area (Å²) >= 11 is 0. The number of aromatic amines is 1. The molecule has 2 N–H and O–H groups in total. The quantitative estimate of drug-likeness (QED) is 0.848. The zero-order valence-corrected chi connectivity index (χ0v) is 10.7. The van der Waals surface area contributed by atoms with Crippen molar-refractivity contribution in [1.82, 2.24) is 19.9 Å². The van der Waals surface area contributed by atoms with Crippen LogP contribution in [-0.4, -0.2) is 46.0 Å². The first-order valence-electron chi connectivity index (χ1n) is 6.56. The van der Waals surface area contributed by atoms with Gasteiger partial charge in [-0.05, 0) is 45.5 Å². The Bertz CT molecular complexity index is 488. The maximum Gasteiger partial charge on any atom is 0.201 e. The number of imidazole rings is 1. The average Bonchev–Trinajstić information content (AvgIpc) is 2.66. The summed E-state index contributed by atoms with van der Waals surface area (Å²) in [5, 5.41) is 3.51. The lowest BCUT2D eigenvalue weighted by molar-refractivity contribution is 0.348. The lowest BCUT2D eigenvalue weighted by Crippen LogP contribution is -2.23. The van der Waals surface area contributed by atoms with Gasteiger partial charge in [-0.15, -0.1) is 0 Å². The first kappa shape index (κ1) is 11.5. The third kappa shape index (κ3) is 2.46. The third-order valence-corrected chi connectivity index (χ3v) is 3.58. The van der Waals surface area contributed by atoms with Crippen molar-refractivity contribution >= 4 is 17.0 Å². The van der Waals surface area contributed by atoms with E-state index in [1.54, 1.807) is 6.20 Å². The van der Waals surface area contributed by atoms with Gasteiger partial charge < -0.3 is 15.2 Å². The van der Waals surface area contributed by atoms with Crippen LogP contribution in [0.3, 0.4) is 0 Å². The first-order chi connectivity index (χ1) is 8.81. The van der Waals surface area contributed by atoms with Gasteiger partial charge >= 0.3 is 0 Å². The maximum absolute atomic E-state index is 4.54. The van der Waals surface area contributed by atoms with Crippen LogP contribution in [-0.2, 0) is 0 Å². The largest absolute Gasteiger partial charge is 0.353 e. The average molecular weight is 245 g/mol. The monoisotopic (exact) mass is 245 g/mol. The van der Waals surface area contributed by atoms with Gasteiger partial charge in [0.15, 0.2) is 0 Å². The number of likely N-dealkylation sites (tertiary alicyclic amines) is 1. The van der Waals surface area contributed by atoms with Crippen LogP contribution in [0.25, 0.3) is 11.0 Å². The number of anilines is 1. The SMILES string of the molecule is CN1CCCC(Nc2nc3ccncc3[nH]2)CC1. The normalized spacial score (nSPS) is 21.9. The molecule has 2 aromatic heterocycles. The fraction of sp³-hybridized carbons (Fsp3) is 0.538. The van der Waals surface area contributed by atoms with E-state index in [4.69, 9.17) is 0 Å². The summed E-state index contributed by atoms with van der Waals surface area (Å²) in [6.07, 6.45) is 7.21. The molecule has 5 heteroatoms. The van der Waals surface area contributed by atoms with E-state index >= 15 is 0 Å². The van der Waals surface area contributed by atoms with E-state index in [-0.39, 0.29) is 0 Å². The molecule has 1 saturated heterocycles. The molecule has 18 heavy (non-hydrogen) atoms. The Morgan fingerprint density at radius 3 is 3.22 bits per heavy atom. The van der Waals surface area contributed by atoms with Crippen LogP contribution in [0.1, 0.15) is 19.3 Å². The van der Waals surface area contributed by atoms with Crippen LogP contribution in [0.2, 0.25) is 0 Å². The van der Waals surface area contributed by atoms with Crippen LogP contribution in [0.4, 0.5) is 5.95 Å². The summed E-state index contributed by atoms with van der Waals surface area (Å²) in [7, 11) is 2.19. The maximum atomic E-state index is 4.54. The molecule has 1 unspecified atom stereocenters. The number of hydrogen-bond donors (Lipinski definition) is 2. The molecule has 1 fully saturated rings. The lowest BCUT2D eigenvalue weighted by Gasteiger charge is -2.15. The summed E-state index contributed by atoms with van der Waals surface area (Å²) in [4.78, 5) is 14.3. The highest BCUT2D eigenvalue weighted by Crippen LogP contribution is 2.17. The number of nitrogens with zero attached hydrogens (tertiary/aromatic N) is 3. The first-order valence-corrected chi connectivity index (χ1v) is 6.56. The molecular weight excluding hydrogens is 226 g/mol.